The molecule has 2 aromatic heterocycles. The Morgan fingerprint density at radius 3 is 3.05 bits per heavy atom. The van der Waals surface area contributed by atoms with Crippen molar-refractivity contribution < 1.29 is 0 Å². The van der Waals surface area contributed by atoms with Crippen LogP contribution in [0, 0.1) is 6.92 Å². The molecule has 0 aromatic carbocycles. The van der Waals surface area contributed by atoms with Crippen molar-refractivity contribution in [2.75, 3.05) is 13.1 Å². The fourth-order valence-electron chi connectivity index (χ4n) is 3.73. The lowest BCUT2D eigenvalue weighted by Crippen LogP contribution is -2.35. The minimum atomic E-state index is 0.0122. The maximum Gasteiger partial charge on any atom is 0.258 e. The van der Waals surface area contributed by atoms with Gasteiger partial charge in [0.05, 0.1) is 5.69 Å². The van der Waals surface area contributed by atoms with Crippen LogP contribution in [-0.4, -0.2) is 39.5 Å². The van der Waals surface area contributed by atoms with E-state index < -0.39 is 0 Å². The Balaban J connectivity index is 1.59. The number of likely N-dealkylation sites (tertiary alicyclic amines) is 1. The van der Waals surface area contributed by atoms with E-state index in [1.807, 2.05) is 25.3 Å². The molecule has 4 rings (SSSR count). The number of pyridine rings is 1. The molecule has 0 amide bonds. The molecule has 2 atom stereocenters. The van der Waals surface area contributed by atoms with Crippen molar-refractivity contribution in [3.8, 4) is 0 Å². The number of hydrogen-bond acceptors (Lipinski definition) is 4. The van der Waals surface area contributed by atoms with Crippen LogP contribution in [0.5, 0.6) is 0 Å². The predicted molar refractivity (Wildman–Crippen MR) is 86.0 cm³/mol. The highest BCUT2D eigenvalue weighted by atomic mass is 16.1. The Labute approximate surface area is 130 Å². The van der Waals surface area contributed by atoms with Crippen LogP contribution in [0.3, 0.4) is 0 Å². The van der Waals surface area contributed by atoms with Crippen molar-refractivity contribution in [2.45, 2.75) is 44.8 Å². The van der Waals surface area contributed by atoms with Crippen LogP contribution in [0.25, 0.3) is 5.65 Å². The predicted octanol–water partition coefficient (Wildman–Crippen LogP) is 1.33. The lowest BCUT2D eigenvalue weighted by Gasteiger charge is -2.23. The Kier molecular flexibility index (Phi) is 3.47. The average molecular weight is 298 g/mol. The van der Waals surface area contributed by atoms with Crippen LogP contribution in [0.4, 0.5) is 0 Å². The summed E-state index contributed by atoms with van der Waals surface area (Å²) in [4.78, 5) is 19.4. The van der Waals surface area contributed by atoms with Crippen LogP contribution >= 0.6 is 0 Å². The lowest BCUT2D eigenvalue weighted by atomic mass is 10.1. The third-order valence-electron chi connectivity index (χ3n) is 4.85. The Hall–Kier alpha value is -1.72. The SMILES string of the molecule is Cc1ccc2nc(CN3CCC4CCC(C3)N4)cc(=O)n2c1. The van der Waals surface area contributed by atoms with E-state index in [0.717, 1.165) is 36.5 Å². The maximum atomic E-state index is 12.3. The number of fused-ring (bicyclic) bond motifs is 3. The van der Waals surface area contributed by atoms with E-state index in [0.29, 0.717) is 12.1 Å². The highest BCUT2D eigenvalue weighted by Crippen LogP contribution is 2.21. The van der Waals surface area contributed by atoms with Crippen LogP contribution in [-0.2, 0) is 6.54 Å². The summed E-state index contributed by atoms with van der Waals surface area (Å²) >= 11 is 0. The van der Waals surface area contributed by atoms with E-state index in [1.54, 1.807) is 10.5 Å². The second kappa shape index (κ2) is 5.48. The summed E-state index contributed by atoms with van der Waals surface area (Å²) in [6.45, 7) is 4.90. The van der Waals surface area contributed by atoms with E-state index >= 15 is 0 Å². The molecule has 2 fully saturated rings. The highest BCUT2D eigenvalue weighted by Gasteiger charge is 2.29. The monoisotopic (exact) mass is 298 g/mol. The first kappa shape index (κ1) is 13.9. The van der Waals surface area contributed by atoms with Gasteiger partial charge in [0.25, 0.3) is 5.56 Å². The zero-order valence-corrected chi connectivity index (χ0v) is 13.0. The molecule has 22 heavy (non-hydrogen) atoms. The summed E-state index contributed by atoms with van der Waals surface area (Å²) < 4.78 is 1.63. The van der Waals surface area contributed by atoms with Crippen molar-refractivity contribution in [1.82, 2.24) is 19.6 Å². The van der Waals surface area contributed by atoms with E-state index in [2.05, 4.69) is 15.2 Å². The van der Waals surface area contributed by atoms with Gasteiger partial charge in [-0.2, -0.15) is 0 Å². The second-order valence-electron chi connectivity index (χ2n) is 6.68. The molecule has 2 saturated heterocycles. The normalized spacial score (nSPS) is 25.5. The molecule has 5 heteroatoms. The van der Waals surface area contributed by atoms with Gasteiger partial charge in [0.15, 0.2) is 0 Å². The summed E-state index contributed by atoms with van der Waals surface area (Å²) in [6.07, 6.45) is 5.63. The van der Waals surface area contributed by atoms with E-state index in [9.17, 15) is 4.79 Å². The molecule has 2 bridgehead atoms. The first-order valence-electron chi connectivity index (χ1n) is 8.15. The molecular formula is C17H22N4O. The number of rotatable bonds is 2. The average Bonchev–Trinajstić information content (AvgIpc) is 2.83. The van der Waals surface area contributed by atoms with E-state index in [1.165, 1.54) is 19.3 Å². The van der Waals surface area contributed by atoms with Gasteiger partial charge in [0, 0.05) is 44.0 Å². The van der Waals surface area contributed by atoms with Gasteiger partial charge in [-0.15, -0.1) is 0 Å². The van der Waals surface area contributed by atoms with Crippen LogP contribution in [0.1, 0.15) is 30.5 Å². The standard InChI is InChI=1S/C17H22N4O/c1-12-2-5-16-19-15(8-17(22)21(16)9-12)11-20-7-6-13-3-4-14(10-20)18-13/h2,5,8-9,13-14,18H,3-4,6-7,10-11H2,1H3. The third kappa shape index (κ3) is 2.66. The minimum Gasteiger partial charge on any atom is -0.310 e. The Bertz CT molecular complexity index is 754. The summed E-state index contributed by atoms with van der Waals surface area (Å²) in [5.41, 5.74) is 2.70. The molecule has 2 aromatic rings. The Morgan fingerprint density at radius 1 is 1.27 bits per heavy atom. The van der Waals surface area contributed by atoms with Gasteiger partial charge in [-0.05, 0) is 37.8 Å². The second-order valence-corrected chi connectivity index (χ2v) is 6.68. The lowest BCUT2D eigenvalue weighted by molar-refractivity contribution is 0.248. The van der Waals surface area contributed by atoms with Crippen molar-refractivity contribution in [3.63, 3.8) is 0 Å². The molecule has 4 heterocycles. The molecule has 2 aliphatic rings. The number of hydrogen-bond donors (Lipinski definition) is 1. The first-order valence-corrected chi connectivity index (χ1v) is 8.15. The maximum absolute atomic E-state index is 12.3. The largest absolute Gasteiger partial charge is 0.310 e. The van der Waals surface area contributed by atoms with Gasteiger partial charge in [-0.1, -0.05) is 6.07 Å². The fraction of sp³-hybridized carbons (Fsp3) is 0.529. The van der Waals surface area contributed by atoms with Gasteiger partial charge < -0.3 is 5.32 Å². The molecule has 116 valence electrons. The zero-order valence-electron chi connectivity index (χ0n) is 13.0. The zero-order chi connectivity index (χ0) is 15.1. The van der Waals surface area contributed by atoms with Crippen molar-refractivity contribution in [3.05, 3.63) is 46.0 Å². The van der Waals surface area contributed by atoms with Crippen molar-refractivity contribution in [2.24, 2.45) is 0 Å². The third-order valence-corrected chi connectivity index (χ3v) is 4.85. The molecule has 2 aliphatic heterocycles. The smallest absolute Gasteiger partial charge is 0.258 e. The van der Waals surface area contributed by atoms with Crippen LogP contribution in [0.15, 0.2) is 29.2 Å². The topological polar surface area (TPSA) is 49.6 Å². The van der Waals surface area contributed by atoms with Gasteiger partial charge in [0.1, 0.15) is 5.65 Å². The van der Waals surface area contributed by atoms with E-state index in [4.69, 9.17) is 0 Å². The van der Waals surface area contributed by atoms with Crippen LogP contribution < -0.4 is 10.9 Å². The fourth-order valence-corrected chi connectivity index (χ4v) is 3.73. The molecule has 5 nitrogen and oxygen atoms in total. The number of aryl methyl sites for hydroxylation is 1. The first-order chi connectivity index (χ1) is 10.7. The molecule has 0 spiro atoms. The van der Waals surface area contributed by atoms with Crippen LogP contribution in [0.2, 0.25) is 0 Å². The Morgan fingerprint density at radius 2 is 2.14 bits per heavy atom. The van der Waals surface area contributed by atoms with Gasteiger partial charge in [0.2, 0.25) is 0 Å². The van der Waals surface area contributed by atoms with Gasteiger partial charge in [-0.3, -0.25) is 14.1 Å². The summed E-state index contributed by atoms with van der Waals surface area (Å²) in [5, 5.41) is 3.69. The van der Waals surface area contributed by atoms with Gasteiger partial charge >= 0.3 is 0 Å². The number of nitrogens with one attached hydrogen (secondary N) is 1. The van der Waals surface area contributed by atoms with E-state index in [-0.39, 0.29) is 5.56 Å². The molecular weight excluding hydrogens is 276 g/mol. The molecule has 0 saturated carbocycles. The quantitative estimate of drug-likeness (QED) is 0.909. The summed E-state index contributed by atoms with van der Waals surface area (Å²) in [6, 6.07) is 6.90. The summed E-state index contributed by atoms with van der Waals surface area (Å²) in [5.74, 6) is 0. The van der Waals surface area contributed by atoms with Crippen molar-refractivity contribution in [1.29, 1.82) is 0 Å². The molecule has 0 aliphatic carbocycles. The van der Waals surface area contributed by atoms with Gasteiger partial charge in [-0.25, -0.2) is 4.98 Å². The van der Waals surface area contributed by atoms with Crippen molar-refractivity contribution >= 4 is 5.65 Å². The number of nitrogens with zero attached hydrogens (tertiary/aromatic N) is 3. The molecule has 2 unspecified atom stereocenters. The minimum absolute atomic E-state index is 0.0122. The number of aromatic nitrogens is 2. The highest BCUT2D eigenvalue weighted by molar-refractivity contribution is 5.39. The molecule has 0 radical (unpaired) electrons. The summed E-state index contributed by atoms with van der Waals surface area (Å²) in [7, 11) is 0. The molecule has 1 N–H and O–H groups in total.